The van der Waals surface area contributed by atoms with E-state index in [4.69, 9.17) is 15.5 Å². The SMILES string of the molecule is Cc1cccc(C)c1-c1cc(OCC(N)C2CC(C)(C)C2)nc(NSc2cccc(C(=O)O)c2)n1. The third-order valence-electron chi connectivity index (χ3n) is 6.44. The number of aromatic carboxylic acids is 1. The molecule has 1 fully saturated rings. The molecular formula is C27H32N4O3S. The fourth-order valence-corrected chi connectivity index (χ4v) is 5.30. The summed E-state index contributed by atoms with van der Waals surface area (Å²) in [6.45, 7) is 9.02. The van der Waals surface area contributed by atoms with Crippen molar-refractivity contribution in [3.8, 4) is 17.1 Å². The molecule has 0 radical (unpaired) electrons. The summed E-state index contributed by atoms with van der Waals surface area (Å²) in [6.07, 6.45) is 2.21. The predicted octanol–water partition coefficient (Wildman–Crippen LogP) is 5.72. The third-order valence-corrected chi connectivity index (χ3v) is 7.21. The molecule has 3 aromatic rings. The van der Waals surface area contributed by atoms with E-state index in [-0.39, 0.29) is 11.6 Å². The number of nitrogens with zero attached hydrogens (tertiary/aromatic N) is 2. The van der Waals surface area contributed by atoms with Crippen LogP contribution in [0.5, 0.6) is 5.88 Å². The second kappa shape index (κ2) is 10.3. The Balaban J connectivity index is 1.56. The number of benzene rings is 2. The highest BCUT2D eigenvalue weighted by Gasteiger charge is 2.39. The first kappa shape index (κ1) is 25.0. The fourth-order valence-electron chi connectivity index (χ4n) is 4.67. The van der Waals surface area contributed by atoms with Crippen LogP contribution in [0.15, 0.2) is 53.4 Å². The van der Waals surface area contributed by atoms with E-state index in [2.05, 4.69) is 49.5 Å². The highest BCUT2D eigenvalue weighted by molar-refractivity contribution is 8.00. The van der Waals surface area contributed by atoms with Gasteiger partial charge in [-0.15, -0.1) is 0 Å². The van der Waals surface area contributed by atoms with Gasteiger partial charge in [-0.3, -0.25) is 4.72 Å². The van der Waals surface area contributed by atoms with Gasteiger partial charge in [-0.25, -0.2) is 9.78 Å². The lowest BCUT2D eigenvalue weighted by Crippen LogP contribution is -2.46. The first-order valence-corrected chi connectivity index (χ1v) is 12.5. The monoisotopic (exact) mass is 492 g/mol. The van der Waals surface area contributed by atoms with Gasteiger partial charge in [0.05, 0.1) is 11.3 Å². The molecule has 7 nitrogen and oxygen atoms in total. The molecule has 0 bridgehead atoms. The Kier molecular flexibility index (Phi) is 7.33. The number of hydrogen-bond acceptors (Lipinski definition) is 7. The summed E-state index contributed by atoms with van der Waals surface area (Å²) in [6, 6.07) is 14.6. The topological polar surface area (TPSA) is 110 Å². The molecular weight excluding hydrogens is 460 g/mol. The molecule has 1 saturated carbocycles. The number of nitrogens with two attached hydrogens (primary N) is 1. The first-order valence-electron chi connectivity index (χ1n) is 11.7. The van der Waals surface area contributed by atoms with E-state index in [9.17, 15) is 9.90 Å². The number of nitrogens with one attached hydrogen (secondary N) is 1. The van der Waals surface area contributed by atoms with Gasteiger partial charge in [0.2, 0.25) is 11.8 Å². The molecule has 4 N–H and O–H groups in total. The molecule has 1 aliphatic carbocycles. The number of carbonyl (C=O) groups is 1. The summed E-state index contributed by atoms with van der Waals surface area (Å²) in [5.41, 5.74) is 11.0. The van der Waals surface area contributed by atoms with Crippen molar-refractivity contribution in [3.63, 3.8) is 0 Å². The molecule has 0 saturated heterocycles. The van der Waals surface area contributed by atoms with Gasteiger partial charge < -0.3 is 15.6 Å². The summed E-state index contributed by atoms with van der Waals surface area (Å²) in [7, 11) is 0. The van der Waals surface area contributed by atoms with Crippen LogP contribution in [-0.2, 0) is 0 Å². The van der Waals surface area contributed by atoms with E-state index in [1.165, 1.54) is 11.9 Å². The van der Waals surface area contributed by atoms with Gasteiger partial charge in [0.25, 0.3) is 0 Å². The fraction of sp³-hybridized carbons (Fsp3) is 0.370. The third kappa shape index (κ3) is 6.13. The molecule has 0 spiro atoms. The highest BCUT2D eigenvalue weighted by Crippen LogP contribution is 2.46. The maximum absolute atomic E-state index is 11.3. The quantitative estimate of drug-likeness (QED) is 0.325. The van der Waals surface area contributed by atoms with Crippen molar-refractivity contribution < 1.29 is 14.6 Å². The molecule has 0 aliphatic heterocycles. The molecule has 0 amide bonds. The standard InChI is InChI=1S/C27H32N4O3S/c1-16-7-5-8-17(2)24(16)22-12-23(34-15-21(28)19-13-27(3,4)14-19)30-26(29-22)31-35-20-10-6-9-18(11-20)25(32)33/h5-12,19,21H,13-15,28H2,1-4H3,(H,32,33)(H,29,30,31). The van der Waals surface area contributed by atoms with Crippen LogP contribution < -0.4 is 15.2 Å². The minimum Gasteiger partial charge on any atom is -0.478 e. The Bertz CT molecular complexity index is 1200. The number of hydrogen-bond donors (Lipinski definition) is 3. The van der Waals surface area contributed by atoms with Crippen molar-refractivity contribution in [1.82, 2.24) is 9.97 Å². The normalized spacial score (nSPS) is 15.8. The summed E-state index contributed by atoms with van der Waals surface area (Å²) in [5, 5.41) is 9.26. The Morgan fingerprint density at radius 3 is 2.51 bits per heavy atom. The Labute approximate surface area is 210 Å². The number of rotatable bonds is 9. The predicted molar refractivity (Wildman–Crippen MR) is 140 cm³/mol. The summed E-state index contributed by atoms with van der Waals surface area (Å²) >= 11 is 1.25. The average molecular weight is 493 g/mol. The number of aryl methyl sites for hydroxylation is 2. The highest BCUT2D eigenvalue weighted by atomic mass is 32.2. The largest absolute Gasteiger partial charge is 0.478 e. The van der Waals surface area contributed by atoms with Crippen LogP contribution in [0.3, 0.4) is 0 Å². The molecule has 1 heterocycles. The summed E-state index contributed by atoms with van der Waals surface area (Å²) < 4.78 is 9.23. The first-order chi connectivity index (χ1) is 16.6. The molecule has 2 aromatic carbocycles. The zero-order valence-electron chi connectivity index (χ0n) is 20.5. The van der Waals surface area contributed by atoms with Crippen LogP contribution in [0.2, 0.25) is 0 Å². The molecule has 1 atom stereocenters. The molecule has 4 rings (SSSR count). The van der Waals surface area contributed by atoms with Crippen molar-refractivity contribution >= 4 is 23.9 Å². The summed E-state index contributed by atoms with van der Waals surface area (Å²) in [4.78, 5) is 21.3. The lowest BCUT2D eigenvalue weighted by Gasteiger charge is -2.45. The molecule has 1 unspecified atom stereocenters. The van der Waals surface area contributed by atoms with Crippen molar-refractivity contribution in [3.05, 3.63) is 65.2 Å². The van der Waals surface area contributed by atoms with Gasteiger partial charge >= 0.3 is 5.97 Å². The zero-order chi connectivity index (χ0) is 25.2. The number of ether oxygens (including phenoxy) is 1. The van der Waals surface area contributed by atoms with Crippen LogP contribution >= 0.6 is 11.9 Å². The number of anilines is 1. The van der Waals surface area contributed by atoms with Gasteiger partial charge in [0.15, 0.2) is 0 Å². The Hall–Kier alpha value is -3.10. The average Bonchev–Trinajstić information content (AvgIpc) is 2.79. The van der Waals surface area contributed by atoms with E-state index in [0.29, 0.717) is 29.8 Å². The van der Waals surface area contributed by atoms with Crippen molar-refractivity contribution in [1.29, 1.82) is 0 Å². The van der Waals surface area contributed by atoms with Crippen LogP contribution in [0.1, 0.15) is 48.2 Å². The van der Waals surface area contributed by atoms with E-state index in [1.54, 1.807) is 18.2 Å². The van der Waals surface area contributed by atoms with Gasteiger partial charge in [-0.1, -0.05) is 38.1 Å². The number of carboxylic acids is 1. The van der Waals surface area contributed by atoms with Crippen LogP contribution in [-0.4, -0.2) is 33.7 Å². The van der Waals surface area contributed by atoms with E-state index >= 15 is 0 Å². The van der Waals surface area contributed by atoms with Crippen molar-refractivity contribution in [2.75, 3.05) is 11.3 Å². The zero-order valence-corrected chi connectivity index (χ0v) is 21.4. The van der Waals surface area contributed by atoms with Gasteiger partial charge in [-0.05, 0) is 79.3 Å². The minimum atomic E-state index is -0.970. The van der Waals surface area contributed by atoms with E-state index < -0.39 is 5.97 Å². The van der Waals surface area contributed by atoms with Crippen molar-refractivity contribution in [2.45, 2.75) is 51.5 Å². The maximum atomic E-state index is 11.3. The Morgan fingerprint density at radius 1 is 1.17 bits per heavy atom. The van der Waals surface area contributed by atoms with Crippen LogP contribution in [0, 0.1) is 25.2 Å². The van der Waals surface area contributed by atoms with Gasteiger partial charge in [-0.2, -0.15) is 4.98 Å². The van der Waals surface area contributed by atoms with Crippen LogP contribution in [0.4, 0.5) is 5.95 Å². The second-order valence-electron chi connectivity index (χ2n) is 10.0. The van der Waals surface area contributed by atoms with Gasteiger partial charge in [0, 0.05) is 22.6 Å². The minimum absolute atomic E-state index is 0.0498. The molecule has 1 aromatic heterocycles. The second-order valence-corrected chi connectivity index (χ2v) is 10.9. The molecule has 184 valence electrons. The van der Waals surface area contributed by atoms with E-state index in [1.807, 2.05) is 18.2 Å². The van der Waals surface area contributed by atoms with Gasteiger partial charge in [0.1, 0.15) is 6.61 Å². The Morgan fingerprint density at radius 2 is 1.86 bits per heavy atom. The molecule has 8 heteroatoms. The lowest BCUT2D eigenvalue weighted by atomic mass is 9.62. The van der Waals surface area contributed by atoms with E-state index in [0.717, 1.165) is 40.1 Å². The molecule has 1 aliphatic rings. The lowest BCUT2D eigenvalue weighted by molar-refractivity contribution is 0.0598. The maximum Gasteiger partial charge on any atom is 0.335 e. The molecule has 35 heavy (non-hydrogen) atoms. The van der Waals surface area contributed by atoms with Crippen LogP contribution in [0.25, 0.3) is 11.3 Å². The smallest absolute Gasteiger partial charge is 0.335 e. The number of aromatic nitrogens is 2. The summed E-state index contributed by atoms with van der Waals surface area (Å²) in [5.74, 6) is 0.320. The number of carboxylic acid groups (broad SMARTS) is 1. The van der Waals surface area contributed by atoms with Crippen molar-refractivity contribution in [2.24, 2.45) is 17.1 Å².